The number of anilines is 1. The van der Waals surface area contributed by atoms with Crippen molar-refractivity contribution < 1.29 is 17.7 Å². The van der Waals surface area contributed by atoms with Gasteiger partial charge in [-0.15, -0.1) is 11.3 Å². The monoisotopic (exact) mass is 431 g/mol. The molecule has 0 aromatic carbocycles. The van der Waals surface area contributed by atoms with Crippen molar-refractivity contribution in [1.29, 1.82) is 0 Å². The molecule has 1 aliphatic rings. The fourth-order valence-electron chi connectivity index (χ4n) is 2.77. The van der Waals surface area contributed by atoms with E-state index in [-0.39, 0.29) is 24.9 Å². The molecular weight excluding hydrogens is 414 g/mol. The average molecular weight is 431 g/mol. The van der Waals surface area contributed by atoms with Gasteiger partial charge in [0.1, 0.15) is 22.2 Å². The van der Waals surface area contributed by atoms with Crippen molar-refractivity contribution in [3.05, 3.63) is 49.1 Å². The van der Waals surface area contributed by atoms with Gasteiger partial charge in [0.2, 0.25) is 21.8 Å². The summed E-state index contributed by atoms with van der Waals surface area (Å²) in [5, 5.41) is 4.83. The second kappa shape index (κ2) is 7.76. The van der Waals surface area contributed by atoms with Crippen molar-refractivity contribution in [2.24, 2.45) is 5.16 Å². The first-order chi connectivity index (χ1) is 14.0. The third kappa shape index (κ3) is 3.91. The highest BCUT2D eigenvalue weighted by Gasteiger charge is 2.34. The van der Waals surface area contributed by atoms with Crippen LogP contribution in [-0.2, 0) is 14.9 Å². The van der Waals surface area contributed by atoms with E-state index in [9.17, 15) is 8.42 Å². The van der Waals surface area contributed by atoms with Crippen molar-refractivity contribution in [3.63, 3.8) is 0 Å². The van der Waals surface area contributed by atoms with E-state index >= 15 is 0 Å². The van der Waals surface area contributed by atoms with Crippen LogP contribution in [0.25, 0.3) is 21.3 Å². The van der Waals surface area contributed by atoms with Crippen LogP contribution in [0.3, 0.4) is 0 Å². The summed E-state index contributed by atoms with van der Waals surface area (Å²) in [4.78, 5) is 18.8. The molecule has 0 N–H and O–H groups in total. The molecule has 150 valence electrons. The van der Waals surface area contributed by atoms with Gasteiger partial charge in [-0.2, -0.15) is 0 Å². The maximum absolute atomic E-state index is 12.2. The van der Waals surface area contributed by atoms with Gasteiger partial charge < -0.3 is 9.25 Å². The molecular formula is C18H17N5O4S2. The van der Waals surface area contributed by atoms with Gasteiger partial charge in [-0.3, -0.25) is 4.98 Å². The normalized spacial score (nSPS) is 15.3. The van der Waals surface area contributed by atoms with E-state index in [1.54, 1.807) is 24.7 Å². The van der Waals surface area contributed by atoms with Crippen molar-refractivity contribution in [3.8, 4) is 21.3 Å². The Balaban J connectivity index is 1.74. The molecule has 0 amide bonds. The number of hydrogen-bond donors (Lipinski definition) is 0. The van der Waals surface area contributed by atoms with E-state index in [2.05, 4.69) is 26.7 Å². The van der Waals surface area contributed by atoms with E-state index in [1.165, 1.54) is 15.6 Å². The summed E-state index contributed by atoms with van der Waals surface area (Å²) in [6, 6.07) is 3.74. The molecule has 0 aliphatic carbocycles. The number of rotatable bonds is 6. The SMILES string of the molecule is C=CCON=C1CCN(S(C)(=O)=O)c2oc(-c3cnc(-c4cccnc4)s3)nc21. The number of thiazole rings is 1. The third-order valence-corrected chi connectivity index (χ3v) is 6.24. The van der Waals surface area contributed by atoms with Crippen LogP contribution in [-0.4, -0.2) is 48.5 Å². The van der Waals surface area contributed by atoms with E-state index < -0.39 is 10.0 Å². The molecule has 3 aromatic rings. The lowest BCUT2D eigenvalue weighted by Gasteiger charge is -2.24. The fourth-order valence-corrected chi connectivity index (χ4v) is 4.45. The summed E-state index contributed by atoms with van der Waals surface area (Å²) in [6.45, 7) is 4.01. The molecule has 0 saturated heterocycles. The topological polar surface area (TPSA) is 111 Å². The highest BCUT2D eigenvalue weighted by Crippen LogP contribution is 2.37. The van der Waals surface area contributed by atoms with Gasteiger partial charge in [0.25, 0.3) is 0 Å². The molecule has 11 heteroatoms. The molecule has 0 radical (unpaired) electrons. The zero-order valence-electron chi connectivity index (χ0n) is 15.5. The Morgan fingerprint density at radius 1 is 1.45 bits per heavy atom. The standard InChI is InChI=1S/C18H17N5O4S2/c1-3-9-26-22-13-6-8-23(29(2,24)25)18-15(13)21-16(27-18)14-11-20-17(28-14)12-5-4-7-19-10-12/h3-5,7,10-11H,1,6,8-9H2,2H3. The van der Waals surface area contributed by atoms with Crippen molar-refractivity contribution in [2.75, 3.05) is 23.7 Å². The number of oxazole rings is 1. The molecule has 0 spiro atoms. The van der Waals surface area contributed by atoms with Gasteiger partial charge in [0.15, 0.2) is 5.69 Å². The first-order valence-corrected chi connectivity index (χ1v) is 11.3. The number of nitrogens with zero attached hydrogens (tertiary/aromatic N) is 5. The largest absolute Gasteiger partial charge is 0.418 e. The minimum atomic E-state index is -3.53. The van der Waals surface area contributed by atoms with Crippen LogP contribution in [0.5, 0.6) is 0 Å². The average Bonchev–Trinajstić information content (AvgIpc) is 3.35. The Morgan fingerprint density at radius 3 is 3.03 bits per heavy atom. The van der Waals surface area contributed by atoms with E-state index in [4.69, 9.17) is 9.25 Å². The molecule has 3 aromatic heterocycles. The summed E-state index contributed by atoms with van der Waals surface area (Å²) in [6.07, 6.45) is 8.10. The summed E-state index contributed by atoms with van der Waals surface area (Å²) in [5.41, 5.74) is 1.74. The Bertz CT molecular complexity index is 1170. The van der Waals surface area contributed by atoms with Gasteiger partial charge in [-0.25, -0.2) is 22.7 Å². The first kappa shape index (κ1) is 19.3. The minimum absolute atomic E-state index is 0.131. The highest BCUT2D eigenvalue weighted by atomic mass is 32.2. The second-order valence-electron chi connectivity index (χ2n) is 6.15. The molecule has 0 saturated carbocycles. The van der Waals surface area contributed by atoms with Crippen LogP contribution >= 0.6 is 11.3 Å². The molecule has 1 aliphatic heterocycles. The number of pyridine rings is 1. The van der Waals surface area contributed by atoms with Gasteiger partial charge in [0.05, 0.1) is 12.5 Å². The van der Waals surface area contributed by atoms with Crippen LogP contribution in [0.4, 0.5) is 5.88 Å². The molecule has 0 atom stereocenters. The van der Waals surface area contributed by atoms with Crippen molar-refractivity contribution in [1.82, 2.24) is 15.0 Å². The van der Waals surface area contributed by atoms with Crippen molar-refractivity contribution >= 4 is 33.0 Å². The van der Waals surface area contributed by atoms with Gasteiger partial charge in [-0.1, -0.05) is 17.8 Å². The summed E-state index contributed by atoms with van der Waals surface area (Å²) in [7, 11) is -3.53. The Kier molecular flexibility index (Phi) is 5.16. The molecule has 4 heterocycles. The van der Waals surface area contributed by atoms with E-state index in [1.807, 2.05) is 12.1 Å². The van der Waals surface area contributed by atoms with Gasteiger partial charge in [0, 0.05) is 30.9 Å². The third-order valence-electron chi connectivity index (χ3n) is 4.05. The van der Waals surface area contributed by atoms with E-state index in [0.717, 1.165) is 16.8 Å². The number of hydrogen-bond acceptors (Lipinski definition) is 9. The number of sulfonamides is 1. The fraction of sp³-hybridized carbons (Fsp3) is 0.222. The van der Waals surface area contributed by atoms with Crippen LogP contribution in [0.15, 0.2) is 53.0 Å². The second-order valence-corrected chi connectivity index (χ2v) is 9.09. The zero-order chi connectivity index (χ0) is 20.4. The van der Waals surface area contributed by atoms with Crippen LogP contribution < -0.4 is 4.31 Å². The quantitative estimate of drug-likeness (QED) is 0.335. The molecule has 0 bridgehead atoms. The van der Waals surface area contributed by atoms with Gasteiger partial charge in [-0.05, 0) is 12.1 Å². The molecule has 4 rings (SSSR count). The predicted molar refractivity (Wildman–Crippen MR) is 110 cm³/mol. The Labute approximate surface area is 171 Å². The smallest absolute Gasteiger partial charge is 0.241 e. The zero-order valence-corrected chi connectivity index (χ0v) is 17.1. The number of oxime groups is 1. The Hall–Kier alpha value is -3.05. The maximum Gasteiger partial charge on any atom is 0.241 e. The van der Waals surface area contributed by atoms with Crippen LogP contribution in [0.2, 0.25) is 0 Å². The summed E-state index contributed by atoms with van der Waals surface area (Å²) < 4.78 is 31.4. The highest BCUT2D eigenvalue weighted by molar-refractivity contribution is 7.92. The maximum atomic E-state index is 12.2. The first-order valence-electron chi connectivity index (χ1n) is 8.62. The van der Waals surface area contributed by atoms with Gasteiger partial charge >= 0.3 is 0 Å². The van der Waals surface area contributed by atoms with Crippen LogP contribution in [0, 0.1) is 0 Å². The van der Waals surface area contributed by atoms with Crippen LogP contribution in [0.1, 0.15) is 12.1 Å². The molecule has 29 heavy (non-hydrogen) atoms. The minimum Gasteiger partial charge on any atom is -0.418 e. The molecule has 9 nitrogen and oxygen atoms in total. The molecule has 0 unspecified atom stereocenters. The van der Waals surface area contributed by atoms with Crippen molar-refractivity contribution in [2.45, 2.75) is 6.42 Å². The Morgan fingerprint density at radius 2 is 2.31 bits per heavy atom. The lowest BCUT2D eigenvalue weighted by molar-refractivity contribution is 0.174. The number of aromatic nitrogens is 3. The predicted octanol–water partition coefficient (Wildman–Crippen LogP) is 2.94. The van der Waals surface area contributed by atoms with E-state index in [0.29, 0.717) is 22.7 Å². The summed E-state index contributed by atoms with van der Waals surface area (Å²) >= 11 is 1.37. The molecule has 0 fully saturated rings. The number of fused-ring (bicyclic) bond motifs is 1. The lowest BCUT2D eigenvalue weighted by Crippen LogP contribution is -2.36. The summed E-state index contributed by atoms with van der Waals surface area (Å²) in [5.74, 6) is 0.403. The lowest BCUT2D eigenvalue weighted by atomic mass is 10.1.